The predicted molar refractivity (Wildman–Crippen MR) is 118 cm³/mol. The molecule has 4 fully saturated rings. The molecule has 0 spiro atoms. The van der Waals surface area contributed by atoms with Crippen LogP contribution in [0.1, 0.15) is 44.1 Å². The molecule has 0 atom stereocenters. The molecule has 3 nitrogen and oxygen atoms in total. The molecule has 4 aliphatic carbocycles. The van der Waals surface area contributed by atoms with Crippen LogP contribution in [0.25, 0.3) is 10.2 Å². The van der Waals surface area contributed by atoms with Crippen LogP contribution in [0.2, 0.25) is 0 Å². The van der Waals surface area contributed by atoms with E-state index in [1.165, 1.54) is 42.7 Å². The summed E-state index contributed by atoms with van der Waals surface area (Å²) in [7, 11) is 0. The Labute approximate surface area is 179 Å². The SMILES string of the molecule is O=C(N(Cc1ccccc1)c1nc2ccc(F)cc2s1)C12CC3CC(CC(C3)C1)C2. The second-order valence-electron chi connectivity index (χ2n) is 9.68. The summed E-state index contributed by atoms with van der Waals surface area (Å²) in [5, 5.41) is 0.695. The number of aromatic nitrogens is 1. The molecule has 0 radical (unpaired) electrons. The Morgan fingerprint density at radius 3 is 2.37 bits per heavy atom. The van der Waals surface area contributed by atoms with Crippen molar-refractivity contribution in [3.63, 3.8) is 0 Å². The van der Waals surface area contributed by atoms with Crippen molar-refractivity contribution in [3.8, 4) is 0 Å². The molecule has 4 bridgehead atoms. The average molecular weight is 421 g/mol. The molecule has 1 amide bonds. The Bertz CT molecular complexity index is 1070. The molecular formula is C25H25FN2OS. The first-order valence-electron chi connectivity index (χ1n) is 11.0. The highest BCUT2D eigenvalue weighted by molar-refractivity contribution is 7.22. The highest BCUT2D eigenvalue weighted by atomic mass is 32.1. The first kappa shape index (κ1) is 18.5. The zero-order chi connectivity index (χ0) is 20.3. The van der Waals surface area contributed by atoms with Crippen molar-refractivity contribution in [1.29, 1.82) is 0 Å². The lowest BCUT2D eigenvalue weighted by molar-refractivity contribution is -0.143. The van der Waals surface area contributed by atoms with Crippen molar-refractivity contribution >= 4 is 32.6 Å². The minimum atomic E-state index is -0.264. The van der Waals surface area contributed by atoms with E-state index < -0.39 is 0 Å². The molecular weight excluding hydrogens is 395 g/mol. The maximum absolute atomic E-state index is 14.2. The van der Waals surface area contributed by atoms with Crippen LogP contribution in [0.4, 0.5) is 9.52 Å². The molecule has 30 heavy (non-hydrogen) atoms. The summed E-state index contributed by atoms with van der Waals surface area (Å²) >= 11 is 1.43. The van der Waals surface area contributed by atoms with E-state index in [0.717, 1.165) is 35.0 Å². The van der Waals surface area contributed by atoms with E-state index in [9.17, 15) is 9.18 Å². The van der Waals surface area contributed by atoms with Crippen LogP contribution in [0.15, 0.2) is 48.5 Å². The maximum atomic E-state index is 14.2. The minimum Gasteiger partial charge on any atom is -0.283 e. The van der Waals surface area contributed by atoms with Gasteiger partial charge in [0.05, 0.1) is 22.2 Å². The van der Waals surface area contributed by atoms with E-state index in [4.69, 9.17) is 4.98 Å². The van der Waals surface area contributed by atoms with Gasteiger partial charge in [0.15, 0.2) is 5.13 Å². The predicted octanol–water partition coefficient (Wildman–Crippen LogP) is 6.19. The molecule has 7 rings (SSSR count). The van der Waals surface area contributed by atoms with Gasteiger partial charge < -0.3 is 0 Å². The Hall–Kier alpha value is -2.27. The molecule has 4 saturated carbocycles. The normalized spacial score (nSPS) is 29.4. The highest BCUT2D eigenvalue weighted by Crippen LogP contribution is 2.60. The van der Waals surface area contributed by atoms with Gasteiger partial charge in [-0.25, -0.2) is 9.37 Å². The van der Waals surface area contributed by atoms with Gasteiger partial charge in [0.25, 0.3) is 0 Å². The second-order valence-corrected chi connectivity index (χ2v) is 10.7. The summed E-state index contributed by atoms with van der Waals surface area (Å²) in [4.78, 5) is 20.8. The highest BCUT2D eigenvalue weighted by Gasteiger charge is 2.56. The fraction of sp³-hybridized carbons (Fsp3) is 0.440. The number of carbonyl (C=O) groups is 1. The van der Waals surface area contributed by atoms with Gasteiger partial charge >= 0.3 is 0 Å². The molecule has 4 aliphatic rings. The molecule has 0 N–H and O–H groups in total. The zero-order valence-electron chi connectivity index (χ0n) is 16.9. The van der Waals surface area contributed by atoms with Crippen LogP contribution in [0.5, 0.6) is 0 Å². The minimum absolute atomic E-state index is 0.230. The third kappa shape index (κ3) is 3.06. The summed E-state index contributed by atoms with van der Waals surface area (Å²) in [5.41, 5.74) is 1.63. The molecule has 0 unspecified atom stereocenters. The molecule has 1 heterocycles. The number of rotatable bonds is 4. The Morgan fingerprint density at radius 2 is 1.70 bits per heavy atom. The van der Waals surface area contributed by atoms with Gasteiger partial charge in [0.1, 0.15) is 5.82 Å². The monoisotopic (exact) mass is 420 g/mol. The summed E-state index contributed by atoms with van der Waals surface area (Å²) in [5.74, 6) is 2.11. The van der Waals surface area contributed by atoms with Crippen LogP contribution >= 0.6 is 11.3 Å². The molecule has 154 valence electrons. The van der Waals surface area contributed by atoms with E-state index >= 15 is 0 Å². The van der Waals surface area contributed by atoms with Crippen molar-refractivity contribution in [1.82, 2.24) is 4.98 Å². The lowest BCUT2D eigenvalue weighted by Crippen LogP contribution is -2.54. The summed E-state index contributed by atoms with van der Waals surface area (Å²) < 4.78 is 14.5. The summed E-state index contributed by atoms with van der Waals surface area (Å²) in [6.07, 6.45) is 7.02. The lowest BCUT2D eigenvalue weighted by atomic mass is 9.49. The number of carbonyl (C=O) groups excluding carboxylic acids is 1. The quantitative estimate of drug-likeness (QED) is 0.505. The van der Waals surface area contributed by atoms with Crippen LogP contribution in [-0.2, 0) is 11.3 Å². The number of fused-ring (bicyclic) bond motifs is 1. The van der Waals surface area contributed by atoms with Gasteiger partial charge in [-0.05, 0) is 80.0 Å². The summed E-state index contributed by atoms with van der Waals surface area (Å²) in [6.45, 7) is 0.518. The van der Waals surface area contributed by atoms with Crippen LogP contribution in [0.3, 0.4) is 0 Å². The van der Waals surface area contributed by atoms with E-state index in [1.807, 2.05) is 23.1 Å². The standard InChI is InChI=1S/C25H25FN2OS/c26-20-6-7-21-22(11-20)30-24(27-21)28(15-16-4-2-1-3-5-16)23(29)25-12-17-8-18(13-25)10-19(9-17)14-25/h1-7,11,17-19H,8-10,12-15H2. The lowest BCUT2D eigenvalue weighted by Gasteiger charge is -2.56. The molecule has 1 aromatic heterocycles. The Morgan fingerprint density at radius 1 is 1.03 bits per heavy atom. The van der Waals surface area contributed by atoms with Gasteiger partial charge in [0.2, 0.25) is 5.91 Å². The zero-order valence-corrected chi connectivity index (χ0v) is 17.7. The number of nitrogens with zero attached hydrogens (tertiary/aromatic N) is 2. The molecule has 0 saturated heterocycles. The second kappa shape index (κ2) is 6.88. The van der Waals surface area contributed by atoms with E-state index in [2.05, 4.69) is 12.1 Å². The van der Waals surface area contributed by atoms with Gasteiger partial charge in [-0.3, -0.25) is 9.69 Å². The summed E-state index contributed by atoms with van der Waals surface area (Å²) in [6, 6.07) is 14.8. The van der Waals surface area contributed by atoms with Crippen molar-refractivity contribution in [2.75, 3.05) is 4.90 Å². The largest absolute Gasteiger partial charge is 0.283 e. The van der Waals surface area contributed by atoms with Crippen molar-refractivity contribution in [3.05, 3.63) is 59.9 Å². The fourth-order valence-electron chi connectivity index (χ4n) is 6.65. The van der Waals surface area contributed by atoms with E-state index in [-0.39, 0.29) is 17.1 Å². The Kier molecular flexibility index (Phi) is 4.24. The third-order valence-corrected chi connectivity index (χ3v) is 8.53. The first-order chi connectivity index (χ1) is 14.6. The molecule has 5 heteroatoms. The first-order valence-corrected chi connectivity index (χ1v) is 11.8. The number of amides is 1. The van der Waals surface area contributed by atoms with E-state index in [0.29, 0.717) is 29.4 Å². The van der Waals surface area contributed by atoms with Gasteiger partial charge in [-0.15, -0.1) is 0 Å². The number of hydrogen-bond acceptors (Lipinski definition) is 3. The van der Waals surface area contributed by atoms with Crippen LogP contribution in [-0.4, -0.2) is 10.9 Å². The molecule has 3 aromatic rings. The fourth-order valence-corrected chi connectivity index (χ4v) is 7.64. The number of hydrogen-bond donors (Lipinski definition) is 0. The van der Waals surface area contributed by atoms with Gasteiger partial charge in [0, 0.05) is 0 Å². The van der Waals surface area contributed by atoms with Gasteiger partial charge in [-0.2, -0.15) is 0 Å². The molecule has 2 aromatic carbocycles. The number of thiazole rings is 1. The number of halogens is 1. The van der Waals surface area contributed by atoms with Gasteiger partial charge in [-0.1, -0.05) is 41.7 Å². The smallest absolute Gasteiger partial charge is 0.235 e. The topological polar surface area (TPSA) is 33.2 Å². The van der Waals surface area contributed by atoms with E-state index in [1.54, 1.807) is 6.07 Å². The molecule has 0 aliphatic heterocycles. The van der Waals surface area contributed by atoms with Crippen molar-refractivity contribution in [2.45, 2.75) is 45.1 Å². The van der Waals surface area contributed by atoms with Crippen LogP contribution in [0, 0.1) is 29.0 Å². The maximum Gasteiger partial charge on any atom is 0.235 e. The van der Waals surface area contributed by atoms with Crippen molar-refractivity contribution in [2.24, 2.45) is 23.2 Å². The van der Waals surface area contributed by atoms with Crippen molar-refractivity contribution < 1.29 is 9.18 Å². The third-order valence-electron chi connectivity index (χ3n) is 7.49. The van der Waals surface area contributed by atoms with Crippen LogP contribution < -0.4 is 4.90 Å². The Balaban J connectivity index is 1.41. The number of benzene rings is 2. The number of anilines is 1. The average Bonchev–Trinajstić information content (AvgIpc) is 3.14.